The van der Waals surface area contributed by atoms with E-state index >= 15 is 0 Å². The van der Waals surface area contributed by atoms with Crippen LogP contribution in [-0.2, 0) is 0 Å². The summed E-state index contributed by atoms with van der Waals surface area (Å²) < 4.78 is 5.93. The number of thiophene rings is 1. The van der Waals surface area contributed by atoms with Gasteiger partial charge in [0.05, 0.1) is 22.2 Å². The second-order valence-corrected chi connectivity index (χ2v) is 6.92. The van der Waals surface area contributed by atoms with E-state index in [0.29, 0.717) is 17.0 Å². The second kappa shape index (κ2) is 7.94. The SMILES string of the molecule is C/C(=N\NC(=O)c1nnn(-c2nonc2N)c1-c1cccs1)c1ccc(C#N)cc1. The lowest BCUT2D eigenvalue weighted by Crippen LogP contribution is -2.20. The number of nitrogen functional groups attached to an aromatic ring is 1. The van der Waals surface area contributed by atoms with Crippen molar-refractivity contribution in [2.45, 2.75) is 6.92 Å². The summed E-state index contributed by atoms with van der Waals surface area (Å²) in [7, 11) is 0. The second-order valence-electron chi connectivity index (χ2n) is 5.98. The van der Waals surface area contributed by atoms with E-state index in [2.05, 4.69) is 41.9 Å². The van der Waals surface area contributed by atoms with Gasteiger partial charge >= 0.3 is 0 Å². The van der Waals surface area contributed by atoms with Gasteiger partial charge in [-0.25, -0.2) is 10.1 Å². The molecule has 3 heterocycles. The molecular weight excluding hydrogens is 406 g/mol. The third-order valence-electron chi connectivity index (χ3n) is 4.09. The van der Waals surface area contributed by atoms with E-state index in [0.717, 1.165) is 10.4 Å². The Balaban J connectivity index is 1.65. The zero-order valence-corrected chi connectivity index (χ0v) is 16.3. The minimum atomic E-state index is -0.562. The third kappa shape index (κ3) is 3.52. The molecule has 0 atom stereocenters. The summed E-state index contributed by atoms with van der Waals surface area (Å²) in [6.45, 7) is 1.74. The molecule has 0 fully saturated rings. The van der Waals surface area contributed by atoms with Crippen molar-refractivity contribution in [3.05, 3.63) is 58.6 Å². The van der Waals surface area contributed by atoms with Crippen molar-refractivity contribution in [3.63, 3.8) is 0 Å². The molecule has 1 aromatic carbocycles. The number of hydrazone groups is 1. The van der Waals surface area contributed by atoms with Crippen molar-refractivity contribution >= 4 is 28.8 Å². The molecule has 0 aliphatic heterocycles. The summed E-state index contributed by atoms with van der Waals surface area (Å²) in [5.74, 6) is -0.422. The first-order valence-electron chi connectivity index (χ1n) is 8.51. The fourth-order valence-corrected chi connectivity index (χ4v) is 3.35. The van der Waals surface area contributed by atoms with Gasteiger partial charge in [0.15, 0.2) is 5.69 Å². The largest absolute Gasteiger partial charge is 0.378 e. The maximum absolute atomic E-state index is 12.8. The molecule has 0 unspecified atom stereocenters. The summed E-state index contributed by atoms with van der Waals surface area (Å²) >= 11 is 1.39. The van der Waals surface area contributed by atoms with Gasteiger partial charge in [-0.15, -0.1) is 16.4 Å². The number of hydrogen-bond donors (Lipinski definition) is 2. The van der Waals surface area contributed by atoms with Gasteiger partial charge in [-0.05, 0) is 46.4 Å². The highest BCUT2D eigenvalue weighted by molar-refractivity contribution is 7.13. The molecule has 0 saturated heterocycles. The van der Waals surface area contributed by atoms with Crippen LogP contribution in [0.3, 0.4) is 0 Å². The number of anilines is 1. The predicted molar refractivity (Wildman–Crippen MR) is 108 cm³/mol. The van der Waals surface area contributed by atoms with Gasteiger partial charge in [0.2, 0.25) is 11.6 Å². The first-order chi connectivity index (χ1) is 14.6. The number of carbonyl (C=O) groups excluding carboxylic acids is 1. The number of benzene rings is 1. The molecule has 4 rings (SSSR count). The smallest absolute Gasteiger partial charge is 0.294 e. The standard InChI is InChI=1S/C18H13N9O2S/c1-10(12-6-4-11(9-19)5-7-12)21-23-18(28)14-15(13-3-2-8-30-13)27(26-22-14)17-16(20)24-29-25-17/h2-8H,1H3,(H2,20,24)(H,23,28)/b21-10+. The van der Waals surface area contributed by atoms with Crippen molar-refractivity contribution in [2.75, 3.05) is 5.73 Å². The number of amides is 1. The van der Waals surface area contributed by atoms with Gasteiger partial charge in [0, 0.05) is 0 Å². The van der Waals surface area contributed by atoms with Crippen molar-refractivity contribution < 1.29 is 9.42 Å². The van der Waals surface area contributed by atoms with Gasteiger partial charge in [0.25, 0.3) is 5.91 Å². The molecule has 0 aliphatic carbocycles. The quantitative estimate of drug-likeness (QED) is 0.367. The highest BCUT2D eigenvalue weighted by atomic mass is 32.1. The molecule has 30 heavy (non-hydrogen) atoms. The van der Waals surface area contributed by atoms with Crippen LogP contribution in [0, 0.1) is 11.3 Å². The van der Waals surface area contributed by atoms with Gasteiger partial charge in [-0.1, -0.05) is 23.4 Å². The highest BCUT2D eigenvalue weighted by Crippen LogP contribution is 2.29. The molecule has 0 saturated carbocycles. The molecule has 0 bridgehead atoms. The topological polar surface area (TPSA) is 161 Å². The lowest BCUT2D eigenvalue weighted by atomic mass is 10.1. The number of rotatable bonds is 5. The van der Waals surface area contributed by atoms with Crippen molar-refractivity contribution in [2.24, 2.45) is 5.10 Å². The molecule has 1 amide bonds. The van der Waals surface area contributed by atoms with Crippen molar-refractivity contribution in [3.8, 4) is 22.5 Å². The Morgan fingerprint density at radius 1 is 1.30 bits per heavy atom. The summed E-state index contributed by atoms with van der Waals surface area (Å²) in [4.78, 5) is 13.5. The monoisotopic (exact) mass is 419 g/mol. The molecule has 0 spiro atoms. The van der Waals surface area contributed by atoms with Crippen LogP contribution in [0.5, 0.6) is 0 Å². The Morgan fingerprint density at radius 2 is 2.10 bits per heavy atom. The average molecular weight is 419 g/mol. The van der Waals surface area contributed by atoms with Gasteiger partial charge < -0.3 is 5.73 Å². The molecule has 11 nitrogen and oxygen atoms in total. The van der Waals surface area contributed by atoms with Crippen LogP contribution < -0.4 is 11.2 Å². The third-order valence-corrected chi connectivity index (χ3v) is 4.97. The van der Waals surface area contributed by atoms with Crippen molar-refractivity contribution in [1.29, 1.82) is 5.26 Å². The number of nitrogens with zero attached hydrogens (tertiary/aromatic N) is 7. The summed E-state index contributed by atoms with van der Waals surface area (Å²) in [5.41, 5.74) is 10.5. The number of aromatic nitrogens is 5. The van der Waals surface area contributed by atoms with Crippen LogP contribution in [0.4, 0.5) is 5.82 Å². The van der Waals surface area contributed by atoms with E-state index < -0.39 is 5.91 Å². The number of nitrogens with one attached hydrogen (secondary N) is 1. The Labute approximate surface area is 173 Å². The zero-order chi connectivity index (χ0) is 21.1. The molecule has 0 radical (unpaired) electrons. The fraction of sp³-hybridized carbons (Fsp3) is 0.0556. The van der Waals surface area contributed by atoms with E-state index in [1.54, 1.807) is 31.2 Å². The van der Waals surface area contributed by atoms with E-state index in [1.807, 2.05) is 17.5 Å². The minimum absolute atomic E-state index is 0.0133. The molecular formula is C18H13N9O2S. The van der Waals surface area contributed by atoms with Gasteiger partial charge in [-0.2, -0.15) is 15.0 Å². The molecule has 3 aromatic heterocycles. The lowest BCUT2D eigenvalue weighted by Gasteiger charge is -2.04. The Hall–Kier alpha value is -4.37. The number of hydrogen-bond acceptors (Lipinski definition) is 10. The lowest BCUT2D eigenvalue weighted by molar-refractivity contribution is 0.0950. The molecule has 3 N–H and O–H groups in total. The first-order valence-corrected chi connectivity index (χ1v) is 9.39. The van der Waals surface area contributed by atoms with Crippen molar-refractivity contribution in [1.82, 2.24) is 30.7 Å². The first kappa shape index (κ1) is 19.0. The van der Waals surface area contributed by atoms with E-state index in [1.165, 1.54) is 16.0 Å². The maximum atomic E-state index is 12.8. The average Bonchev–Trinajstić information content (AvgIpc) is 3.51. The van der Waals surface area contributed by atoms with Crippen LogP contribution >= 0.6 is 11.3 Å². The van der Waals surface area contributed by atoms with Gasteiger partial charge in [-0.3, -0.25) is 4.79 Å². The van der Waals surface area contributed by atoms with Crippen LogP contribution in [0.1, 0.15) is 28.5 Å². The van der Waals surface area contributed by atoms with Crippen LogP contribution in [0.15, 0.2) is 51.5 Å². The molecule has 4 aromatic rings. The Bertz CT molecular complexity index is 1260. The van der Waals surface area contributed by atoms with Crippen LogP contribution in [0.25, 0.3) is 16.4 Å². The number of nitriles is 1. The van der Waals surface area contributed by atoms with Crippen LogP contribution in [0.2, 0.25) is 0 Å². The summed E-state index contributed by atoms with van der Waals surface area (Å²) in [6, 6.07) is 12.5. The van der Waals surface area contributed by atoms with E-state index in [9.17, 15) is 4.79 Å². The zero-order valence-electron chi connectivity index (χ0n) is 15.5. The maximum Gasteiger partial charge on any atom is 0.294 e. The van der Waals surface area contributed by atoms with Gasteiger partial charge in [0.1, 0.15) is 5.69 Å². The number of nitrogens with two attached hydrogens (primary N) is 1. The predicted octanol–water partition coefficient (Wildman–Crippen LogP) is 1.99. The fourth-order valence-electron chi connectivity index (χ4n) is 2.59. The summed E-state index contributed by atoms with van der Waals surface area (Å²) in [5, 5.41) is 30.1. The highest BCUT2D eigenvalue weighted by Gasteiger charge is 2.25. The minimum Gasteiger partial charge on any atom is -0.378 e. The molecule has 148 valence electrons. The van der Waals surface area contributed by atoms with E-state index in [-0.39, 0.29) is 17.3 Å². The van der Waals surface area contributed by atoms with Crippen LogP contribution in [-0.4, -0.2) is 36.9 Å². The normalized spacial score (nSPS) is 11.3. The molecule has 12 heteroatoms. The molecule has 0 aliphatic rings. The Kier molecular flexibility index (Phi) is 5.02. The Morgan fingerprint density at radius 3 is 2.73 bits per heavy atom. The van der Waals surface area contributed by atoms with E-state index in [4.69, 9.17) is 11.0 Å². The number of carbonyl (C=O) groups is 1. The summed E-state index contributed by atoms with van der Waals surface area (Å²) in [6.07, 6.45) is 0.